The Morgan fingerprint density at radius 1 is 1.22 bits per heavy atom. The SMILES string of the molecule is O=C(c1cc2c([nH]c1=O)CCC2)N1CCC[C@@H]1c1ccncc1. The van der Waals surface area contributed by atoms with E-state index in [1.807, 2.05) is 23.1 Å². The zero-order chi connectivity index (χ0) is 15.8. The Morgan fingerprint density at radius 2 is 2.04 bits per heavy atom. The van der Waals surface area contributed by atoms with Gasteiger partial charge in [-0.1, -0.05) is 0 Å². The van der Waals surface area contributed by atoms with E-state index in [-0.39, 0.29) is 23.1 Å². The van der Waals surface area contributed by atoms with E-state index in [0.717, 1.165) is 48.9 Å². The number of rotatable bonds is 2. The number of pyridine rings is 2. The molecule has 2 aromatic rings. The zero-order valence-corrected chi connectivity index (χ0v) is 12.9. The number of aryl methyl sites for hydroxylation is 2. The summed E-state index contributed by atoms with van der Waals surface area (Å²) in [6.07, 6.45) is 8.28. The van der Waals surface area contributed by atoms with Crippen LogP contribution in [0.15, 0.2) is 35.4 Å². The standard InChI is InChI=1S/C18H19N3O2/c22-17-14(11-13-3-1-4-15(13)20-17)18(23)21-10-2-5-16(21)12-6-8-19-9-7-12/h6-9,11,16H,1-5,10H2,(H,20,22)/t16-/m1/s1. The molecular weight excluding hydrogens is 290 g/mol. The molecule has 3 heterocycles. The van der Waals surface area contributed by atoms with Gasteiger partial charge >= 0.3 is 0 Å². The number of aromatic amines is 1. The highest BCUT2D eigenvalue weighted by Crippen LogP contribution is 2.32. The topological polar surface area (TPSA) is 66.1 Å². The summed E-state index contributed by atoms with van der Waals surface area (Å²) in [5.41, 5.74) is 3.23. The maximum atomic E-state index is 12.9. The molecule has 0 aromatic carbocycles. The Morgan fingerprint density at radius 3 is 2.87 bits per heavy atom. The number of amides is 1. The highest BCUT2D eigenvalue weighted by molar-refractivity contribution is 5.94. The molecule has 2 aromatic heterocycles. The van der Waals surface area contributed by atoms with E-state index >= 15 is 0 Å². The average molecular weight is 309 g/mol. The number of hydrogen-bond acceptors (Lipinski definition) is 3. The van der Waals surface area contributed by atoms with Crippen molar-refractivity contribution in [1.82, 2.24) is 14.9 Å². The van der Waals surface area contributed by atoms with E-state index in [1.165, 1.54) is 0 Å². The molecule has 23 heavy (non-hydrogen) atoms. The molecule has 1 atom stereocenters. The number of fused-ring (bicyclic) bond motifs is 1. The minimum Gasteiger partial charge on any atom is -0.331 e. The van der Waals surface area contributed by atoms with Gasteiger partial charge < -0.3 is 9.88 Å². The van der Waals surface area contributed by atoms with Gasteiger partial charge in [0.05, 0.1) is 6.04 Å². The van der Waals surface area contributed by atoms with Crippen molar-refractivity contribution in [2.24, 2.45) is 0 Å². The van der Waals surface area contributed by atoms with Crippen LogP contribution in [-0.4, -0.2) is 27.3 Å². The molecule has 2 aliphatic rings. The van der Waals surface area contributed by atoms with Crippen LogP contribution >= 0.6 is 0 Å². The van der Waals surface area contributed by atoms with Crippen LogP contribution in [0.1, 0.15) is 52.5 Å². The predicted molar refractivity (Wildman–Crippen MR) is 86.3 cm³/mol. The lowest BCUT2D eigenvalue weighted by molar-refractivity contribution is 0.0733. The molecule has 0 bridgehead atoms. The lowest BCUT2D eigenvalue weighted by Crippen LogP contribution is -2.34. The average Bonchev–Trinajstić information content (AvgIpc) is 3.23. The van der Waals surface area contributed by atoms with Crippen LogP contribution in [0.2, 0.25) is 0 Å². The fourth-order valence-corrected chi connectivity index (χ4v) is 3.77. The third-order valence-electron chi connectivity index (χ3n) is 4.92. The number of H-pyrrole nitrogens is 1. The molecule has 0 saturated carbocycles. The number of carbonyl (C=O) groups excluding carboxylic acids is 1. The first-order valence-corrected chi connectivity index (χ1v) is 8.20. The number of hydrogen-bond donors (Lipinski definition) is 1. The van der Waals surface area contributed by atoms with Crippen LogP contribution in [0.5, 0.6) is 0 Å². The van der Waals surface area contributed by atoms with Gasteiger partial charge in [0.25, 0.3) is 11.5 Å². The predicted octanol–water partition coefficient (Wildman–Crippen LogP) is 2.24. The van der Waals surface area contributed by atoms with Crippen molar-refractivity contribution in [3.05, 3.63) is 63.3 Å². The van der Waals surface area contributed by atoms with Gasteiger partial charge in [-0.25, -0.2) is 0 Å². The summed E-state index contributed by atoms with van der Waals surface area (Å²) in [5.74, 6) is -0.153. The third-order valence-corrected chi connectivity index (χ3v) is 4.92. The van der Waals surface area contributed by atoms with Crippen LogP contribution in [-0.2, 0) is 12.8 Å². The van der Waals surface area contributed by atoms with Crippen LogP contribution in [0.4, 0.5) is 0 Å². The molecule has 1 saturated heterocycles. The van der Waals surface area contributed by atoms with Crippen molar-refractivity contribution in [1.29, 1.82) is 0 Å². The first-order valence-electron chi connectivity index (χ1n) is 8.20. The summed E-state index contributed by atoms with van der Waals surface area (Å²) in [6, 6.07) is 5.75. The number of aromatic nitrogens is 2. The lowest BCUT2D eigenvalue weighted by atomic mass is 10.1. The van der Waals surface area contributed by atoms with E-state index in [9.17, 15) is 9.59 Å². The normalized spacial score (nSPS) is 19.8. The molecule has 0 unspecified atom stereocenters. The zero-order valence-electron chi connectivity index (χ0n) is 12.9. The van der Waals surface area contributed by atoms with E-state index in [0.29, 0.717) is 6.54 Å². The maximum absolute atomic E-state index is 12.9. The first kappa shape index (κ1) is 14.2. The summed E-state index contributed by atoms with van der Waals surface area (Å²) in [7, 11) is 0. The van der Waals surface area contributed by atoms with Crippen LogP contribution in [0.3, 0.4) is 0 Å². The monoisotopic (exact) mass is 309 g/mol. The van der Waals surface area contributed by atoms with Gasteiger partial charge in [0.2, 0.25) is 0 Å². The minimum atomic E-state index is -0.254. The number of nitrogens with zero attached hydrogens (tertiary/aromatic N) is 2. The molecule has 1 fully saturated rings. The van der Waals surface area contributed by atoms with Gasteiger partial charge in [0, 0.05) is 24.6 Å². The molecule has 4 rings (SSSR count). The van der Waals surface area contributed by atoms with Crippen LogP contribution < -0.4 is 5.56 Å². The Bertz CT molecular complexity index is 798. The van der Waals surface area contributed by atoms with E-state index in [2.05, 4.69) is 9.97 Å². The molecule has 1 aliphatic carbocycles. The van der Waals surface area contributed by atoms with Crippen molar-refractivity contribution in [2.75, 3.05) is 6.54 Å². The van der Waals surface area contributed by atoms with E-state index in [1.54, 1.807) is 12.4 Å². The smallest absolute Gasteiger partial charge is 0.261 e. The minimum absolute atomic E-state index is 0.0400. The summed E-state index contributed by atoms with van der Waals surface area (Å²) >= 11 is 0. The summed E-state index contributed by atoms with van der Waals surface area (Å²) < 4.78 is 0. The second-order valence-electron chi connectivity index (χ2n) is 6.31. The van der Waals surface area contributed by atoms with Crippen molar-refractivity contribution in [2.45, 2.75) is 38.1 Å². The lowest BCUT2D eigenvalue weighted by Gasteiger charge is -2.25. The molecule has 1 N–H and O–H groups in total. The van der Waals surface area contributed by atoms with Gasteiger partial charge in [-0.3, -0.25) is 14.6 Å². The Hall–Kier alpha value is -2.43. The Balaban J connectivity index is 1.68. The second kappa shape index (κ2) is 5.65. The van der Waals surface area contributed by atoms with Gasteiger partial charge in [-0.2, -0.15) is 0 Å². The molecule has 1 amide bonds. The summed E-state index contributed by atoms with van der Waals surface area (Å²) in [6.45, 7) is 0.697. The molecular formula is C18H19N3O2. The van der Waals surface area contributed by atoms with E-state index in [4.69, 9.17) is 0 Å². The Labute approximate surface area is 134 Å². The van der Waals surface area contributed by atoms with Gasteiger partial charge in [-0.15, -0.1) is 0 Å². The van der Waals surface area contributed by atoms with Gasteiger partial charge in [0.15, 0.2) is 0 Å². The van der Waals surface area contributed by atoms with Crippen molar-refractivity contribution >= 4 is 5.91 Å². The van der Waals surface area contributed by atoms with E-state index < -0.39 is 0 Å². The van der Waals surface area contributed by atoms with Gasteiger partial charge in [-0.05, 0) is 61.4 Å². The molecule has 5 heteroatoms. The van der Waals surface area contributed by atoms with Crippen molar-refractivity contribution in [3.8, 4) is 0 Å². The van der Waals surface area contributed by atoms with Crippen molar-refractivity contribution < 1.29 is 4.79 Å². The van der Waals surface area contributed by atoms with Gasteiger partial charge in [0.1, 0.15) is 5.56 Å². The molecule has 118 valence electrons. The molecule has 0 radical (unpaired) electrons. The largest absolute Gasteiger partial charge is 0.331 e. The highest BCUT2D eigenvalue weighted by Gasteiger charge is 2.32. The number of likely N-dealkylation sites (tertiary alicyclic amines) is 1. The third kappa shape index (κ3) is 2.46. The number of nitrogens with one attached hydrogen (secondary N) is 1. The van der Waals surface area contributed by atoms with Crippen molar-refractivity contribution in [3.63, 3.8) is 0 Å². The fraction of sp³-hybridized carbons (Fsp3) is 0.389. The second-order valence-corrected chi connectivity index (χ2v) is 6.31. The van der Waals surface area contributed by atoms with Crippen LogP contribution in [0, 0.1) is 0 Å². The van der Waals surface area contributed by atoms with Crippen LogP contribution in [0.25, 0.3) is 0 Å². The first-order chi connectivity index (χ1) is 11.2. The Kier molecular flexibility index (Phi) is 3.48. The fourth-order valence-electron chi connectivity index (χ4n) is 3.77. The maximum Gasteiger partial charge on any atom is 0.261 e. The number of carbonyl (C=O) groups is 1. The molecule has 0 spiro atoms. The summed E-state index contributed by atoms with van der Waals surface area (Å²) in [5, 5.41) is 0. The molecule has 1 aliphatic heterocycles. The quantitative estimate of drug-likeness (QED) is 0.925. The summed E-state index contributed by atoms with van der Waals surface area (Å²) in [4.78, 5) is 34.0. The highest BCUT2D eigenvalue weighted by atomic mass is 16.2. The molecule has 5 nitrogen and oxygen atoms in total.